The number of carbonyl (C=O) groups excluding carboxylic acids is 1. The van der Waals surface area contributed by atoms with E-state index in [0.29, 0.717) is 28.5 Å². The van der Waals surface area contributed by atoms with Crippen molar-refractivity contribution in [2.24, 2.45) is 22.7 Å². The van der Waals surface area contributed by atoms with Crippen LogP contribution in [0.25, 0.3) is 10.6 Å². The van der Waals surface area contributed by atoms with Crippen LogP contribution in [0.5, 0.6) is 0 Å². The van der Waals surface area contributed by atoms with Crippen LogP contribution >= 0.6 is 22.9 Å². The molecule has 2 rings (SSSR count). The fourth-order valence-corrected chi connectivity index (χ4v) is 5.06. The maximum atomic E-state index is 13.3. The quantitative estimate of drug-likeness (QED) is 0.292. The summed E-state index contributed by atoms with van der Waals surface area (Å²) in [7, 11) is 0. The van der Waals surface area contributed by atoms with Crippen LogP contribution in [-0.2, 0) is 4.79 Å². The molecule has 2 aromatic rings. The molecule has 3 atom stereocenters. The maximum absolute atomic E-state index is 13.3. The number of halogens is 1. The van der Waals surface area contributed by atoms with Gasteiger partial charge in [-0.1, -0.05) is 50.6 Å². The van der Waals surface area contributed by atoms with Gasteiger partial charge in [0.1, 0.15) is 10.0 Å². The number of nitrogens with zero attached hydrogens (tertiary/aromatic N) is 4. The minimum Gasteiger partial charge on any atom is -0.301 e. The highest BCUT2D eigenvalue weighted by Gasteiger charge is 2.26. The van der Waals surface area contributed by atoms with Crippen LogP contribution in [0.4, 0.5) is 5.00 Å². The first-order valence-corrected chi connectivity index (χ1v) is 13.4. The average Bonchev–Trinajstić information content (AvgIpc) is 3.23. The van der Waals surface area contributed by atoms with Crippen molar-refractivity contribution < 1.29 is 4.79 Å². The van der Waals surface area contributed by atoms with E-state index in [-0.39, 0.29) is 11.8 Å². The normalized spacial score (nSPS) is 15.5. The van der Waals surface area contributed by atoms with Crippen molar-refractivity contribution in [1.29, 1.82) is 0 Å². The third-order valence-corrected chi connectivity index (χ3v) is 8.24. The Morgan fingerprint density at radius 2 is 1.79 bits per heavy atom. The fraction of sp³-hybridized carbons (Fsp3) is 0.556. The van der Waals surface area contributed by atoms with E-state index in [1.807, 2.05) is 26.0 Å². The lowest BCUT2D eigenvalue weighted by Gasteiger charge is -2.24. The zero-order chi connectivity index (χ0) is 25.4. The van der Waals surface area contributed by atoms with Crippen molar-refractivity contribution in [1.82, 2.24) is 9.97 Å². The number of rotatable bonds is 11. The Hall–Kier alpha value is -2.05. The number of aliphatic imine (C=N–C) groups is 1. The predicted octanol–water partition coefficient (Wildman–Crippen LogP) is 8.06. The van der Waals surface area contributed by atoms with Crippen molar-refractivity contribution in [3.63, 3.8) is 0 Å². The summed E-state index contributed by atoms with van der Waals surface area (Å²) >= 11 is 7.90. The van der Waals surface area contributed by atoms with Crippen molar-refractivity contribution in [2.45, 2.75) is 74.7 Å². The van der Waals surface area contributed by atoms with Gasteiger partial charge in [0.05, 0.1) is 0 Å². The summed E-state index contributed by atoms with van der Waals surface area (Å²) in [5.41, 5.74) is 4.47. The Bertz CT molecular complexity index is 1010. The van der Waals surface area contributed by atoms with Crippen molar-refractivity contribution >= 4 is 39.6 Å². The third-order valence-electron chi connectivity index (χ3n) is 6.74. The van der Waals surface area contributed by atoms with Gasteiger partial charge in [0.25, 0.3) is 0 Å². The number of allylic oxidation sites excluding steroid dienone is 2. The highest BCUT2D eigenvalue weighted by atomic mass is 35.5. The standard InChI is InChI=1S/C27H39ClN4OS/c1-9-17(3)21(7)30-22(8)20(6)18(4)13-14-19(5)26(33)32(10-2)27-24(28)31-25(34-27)23-12-11-15-29-16-23/h11-12,15-19H,9-10,13-14H2,1-8H3/b22-20+,30-21?. The van der Waals surface area contributed by atoms with Gasteiger partial charge in [0.15, 0.2) is 5.15 Å². The highest BCUT2D eigenvalue weighted by molar-refractivity contribution is 7.19. The van der Waals surface area contributed by atoms with E-state index in [1.165, 1.54) is 22.6 Å². The molecule has 34 heavy (non-hydrogen) atoms. The highest BCUT2D eigenvalue weighted by Crippen LogP contribution is 2.38. The fourth-order valence-electron chi connectivity index (χ4n) is 3.69. The number of anilines is 1. The van der Waals surface area contributed by atoms with Crippen LogP contribution < -0.4 is 4.90 Å². The zero-order valence-electron chi connectivity index (χ0n) is 21.9. The molecule has 0 fully saturated rings. The minimum atomic E-state index is -0.110. The number of pyridine rings is 1. The molecular formula is C27H39ClN4OS. The smallest absolute Gasteiger partial charge is 0.230 e. The van der Waals surface area contributed by atoms with Crippen LogP contribution in [0.2, 0.25) is 5.15 Å². The van der Waals surface area contributed by atoms with Gasteiger partial charge in [-0.05, 0) is 76.5 Å². The lowest BCUT2D eigenvalue weighted by atomic mass is 9.91. The van der Waals surface area contributed by atoms with E-state index in [1.54, 1.807) is 17.3 Å². The Morgan fingerprint density at radius 3 is 2.38 bits per heavy atom. The molecule has 0 bridgehead atoms. The number of aromatic nitrogens is 2. The molecule has 1 amide bonds. The van der Waals surface area contributed by atoms with E-state index < -0.39 is 0 Å². The molecule has 3 unspecified atom stereocenters. The summed E-state index contributed by atoms with van der Waals surface area (Å²) in [6, 6.07) is 3.81. The lowest BCUT2D eigenvalue weighted by molar-refractivity contribution is -0.122. The lowest BCUT2D eigenvalue weighted by Crippen LogP contribution is -2.35. The van der Waals surface area contributed by atoms with Crippen molar-refractivity contribution in [3.8, 4) is 10.6 Å². The SMILES string of the molecule is CCC(C)C(C)=N/C(C)=C(\C)C(C)CCC(C)C(=O)N(CC)c1sc(-c2cccnc2)nc1Cl. The Kier molecular flexibility index (Phi) is 10.9. The second kappa shape index (κ2) is 13.1. The van der Waals surface area contributed by atoms with Crippen molar-refractivity contribution in [2.75, 3.05) is 11.4 Å². The Labute approximate surface area is 214 Å². The van der Waals surface area contributed by atoms with Gasteiger partial charge < -0.3 is 4.90 Å². The maximum Gasteiger partial charge on any atom is 0.230 e. The largest absolute Gasteiger partial charge is 0.301 e. The van der Waals surface area contributed by atoms with Gasteiger partial charge in [-0.3, -0.25) is 14.8 Å². The number of hydrogen-bond donors (Lipinski definition) is 0. The van der Waals surface area contributed by atoms with Crippen LogP contribution in [0.15, 0.2) is 40.8 Å². The molecule has 0 aromatic carbocycles. The summed E-state index contributed by atoms with van der Waals surface area (Å²) < 4.78 is 0. The second-order valence-corrected chi connectivity index (χ2v) is 10.5. The van der Waals surface area contributed by atoms with Crippen molar-refractivity contribution in [3.05, 3.63) is 40.9 Å². The first-order valence-electron chi connectivity index (χ1n) is 12.2. The van der Waals surface area contributed by atoms with Gasteiger partial charge in [0.2, 0.25) is 5.91 Å². The minimum absolute atomic E-state index is 0.0852. The molecule has 0 aliphatic rings. The van der Waals surface area contributed by atoms with Gasteiger partial charge >= 0.3 is 0 Å². The molecule has 0 aliphatic heterocycles. The average molecular weight is 503 g/mol. The molecule has 0 radical (unpaired) electrons. The Morgan fingerprint density at radius 1 is 1.12 bits per heavy atom. The molecule has 0 N–H and O–H groups in total. The van der Waals surface area contributed by atoms with E-state index in [2.05, 4.69) is 51.5 Å². The van der Waals surface area contributed by atoms with Crippen LogP contribution in [0.3, 0.4) is 0 Å². The summed E-state index contributed by atoms with van der Waals surface area (Å²) in [5, 5.41) is 1.84. The number of carbonyl (C=O) groups is 1. The zero-order valence-corrected chi connectivity index (χ0v) is 23.4. The Balaban J connectivity index is 2.08. The van der Waals surface area contributed by atoms with Crippen LogP contribution in [-0.4, -0.2) is 28.1 Å². The third kappa shape index (κ3) is 7.22. The molecule has 0 aliphatic carbocycles. The predicted molar refractivity (Wildman–Crippen MR) is 147 cm³/mol. The first kappa shape index (κ1) is 28.2. The summed E-state index contributed by atoms with van der Waals surface area (Å²) in [4.78, 5) is 28.6. The van der Waals surface area contributed by atoms with Gasteiger partial charge in [-0.25, -0.2) is 4.98 Å². The first-order chi connectivity index (χ1) is 16.1. The van der Waals surface area contributed by atoms with Gasteiger partial charge in [-0.2, -0.15) is 0 Å². The molecule has 0 spiro atoms. The van der Waals surface area contributed by atoms with Crippen LogP contribution in [0, 0.1) is 17.8 Å². The topological polar surface area (TPSA) is 58.5 Å². The number of hydrogen-bond acceptors (Lipinski definition) is 5. The molecule has 186 valence electrons. The van der Waals surface area contributed by atoms with Gasteiger partial charge in [-0.15, -0.1) is 0 Å². The van der Waals surface area contributed by atoms with E-state index in [0.717, 1.165) is 35.5 Å². The molecule has 5 nitrogen and oxygen atoms in total. The van der Waals surface area contributed by atoms with Crippen LogP contribution in [0.1, 0.15) is 74.7 Å². The monoisotopic (exact) mass is 502 g/mol. The summed E-state index contributed by atoms with van der Waals surface area (Å²) in [5.74, 6) is 0.832. The molecule has 2 heterocycles. The number of amides is 1. The molecule has 0 saturated carbocycles. The van der Waals surface area contributed by atoms with Gasteiger partial charge in [0, 0.05) is 41.8 Å². The molecule has 0 saturated heterocycles. The summed E-state index contributed by atoms with van der Waals surface area (Å²) in [6.45, 7) is 17.5. The van der Waals surface area contributed by atoms with E-state index in [4.69, 9.17) is 16.6 Å². The van der Waals surface area contributed by atoms with E-state index >= 15 is 0 Å². The molecule has 7 heteroatoms. The summed E-state index contributed by atoms with van der Waals surface area (Å²) in [6.07, 6.45) is 6.32. The molecule has 2 aromatic heterocycles. The number of thiazole rings is 1. The molecular weight excluding hydrogens is 464 g/mol. The second-order valence-electron chi connectivity index (χ2n) is 9.15. The van der Waals surface area contributed by atoms with E-state index in [9.17, 15) is 4.79 Å².